The van der Waals surface area contributed by atoms with Crippen LogP contribution in [0.1, 0.15) is 30.9 Å². The van der Waals surface area contributed by atoms with E-state index in [0.29, 0.717) is 11.8 Å². The minimum atomic E-state index is -0.338. The number of aliphatic hydroxyl groups excluding tert-OH is 1. The van der Waals surface area contributed by atoms with Gasteiger partial charge in [-0.15, -0.1) is 0 Å². The molecule has 1 aromatic rings. The molecular formula is C16H22N2O2. The number of amides is 1. The average Bonchev–Trinajstić information content (AvgIpc) is 3.06. The van der Waals surface area contributed by atoms with Crippen LogP contribution in [0, 0.1) is 17.8 Å². The minimum Gasteiger partial charge on any atom is -0.394 e. The summed E-state index contributed by atoms with van der Waals surface area (Å²) in [6.45, 7) is -0.0915. The Kier molecular flexibility index (Phi) is 3.76. The van der Waals surface area contributed by atoms with Crippen molar-refractivity contribution in [3.63, 3.8) is 0 Å². The van der Waals surface area contributed by atoms with Crippen molar-refractivity contribution in [3.05, 3.63) is 35.9 Å². The van der Waals surface area contributed by atoms with Crippen LogP contribution in [-0.4, -0.2) is 23.7 Å². The summed E-state index contributed by atoms with van der Waals surface area (Å²) in [6.07, 6.45) is 3.37. The monoisotopic (exact) mass is 274 g/mol. The predicted octanol–water partition coefficient (Wildman–Crippen LogP) is 1.21. The van der Waals surface area contributed by atoms with E-state index in [9.17, 15) is 9.90 Å². The molecule has 0 spiro atoms. The Morgan fingerprint density at radius 1 is 1.30 bits per heavy atom. The van der Waals surface area contributed by atoms with Gasteiger partial charge in [-0.3, -0.25) is 4.79 Å². The van der Waals surface area contributed by atoms with Gasteiger partial charge in [-0.25, -0.2) is 0 Å². The number of rotatable bonds is 4. The first-order valence-electron chi connectivity index (χ1n) is 7.42. The lowest BCUT2D eigenvalue weighted by Gasteiger charge is -2.29. The van der Waals surface area contributed by atoms with Gasteiger partial charge in [0.25, 0.3) is 0 Å². The smallest absolute Gasteiger partial charge is 0.225 e. The molecule has 1 amide bonds. The molecule has 2 bridgehead atoms. The van der Waals surface area contributed by atoms with Crippen molar-refractivity contribution in [2.24, 2.45) is 23.5 Å². The van der Waals surface area contributed by atoms with Crippen molar-refractivity contribution < 1.29 is 9.90 Å². The largest absolute Gasteiger partial charge is 0.394 e. The summed E-state index contributed by atoms with van der Waals surface area (Å²) in [7, 11) is 0. The molecule has 0 heterocycles. The Morgan fingerprint density at radius 3 is 2.60 bits per heavy atom. The van der Waals surface area contributed by atoms with Gasteiger partial charge in [0.1, 0.15) is 0 Å². The van der Waals surface area contributed by atoms with E-state index in [4.69, 9.17) is 5.73 Å². The SMILES string of the molecule is NC1C2CCC(C2)C1C(=O)N[C@@H](CO)c1ccccc1. The Balaban J connectivity index is 1.69. The Hall–Kier alpha value is -1.39. The van der Waals surface area contributed by atoms with Crippen LogP contribution in [0.25, 0.3) is 0 Å². The fourth-order valence-electron chi connectivity index (χ4n) is 3.91. The van der Waals surface area contributed by atoms with Crippen molar-refractivity contribution in [2.75, 3.05) is 6.61 Å². The molecule has 3 rings (SSSR count). The molecule has 4 heteroatoms. The minimum absolute atomic E-state index is 0.00704. The third-order valence-electron chi connectivity index (χ3n) is 4.98. The number of nitrogens with one attached hydrogen (secondary N) is 1. The maximum Gasteiger partial charge on any atom is 0.225 e. The number of aliphatic hydroxyl groups is 1. The molecule has 108 valence electrons. The highest BCUT2D eigenvalue weighted by Crippen LogP contribution is 2.47. The quantitative estimate of drug-likeness (QED) is 0.772. The molecule has 1 aromatic carbocycles. The molecule has 2 fully saturated rings. The molecule has 5 atom stereocenters. The van der Waals surface area contributed by atoms with E-state index in [2.05, 4.69) is 5.32 Å². The van der Waals surface area contributed by atoms with Crippen molar-refractivity contribution in [1.82, 2.24) is 5.32 Å². The van der Waals surface area contributed by atoms with E-state index in [0.717, 1.165) is 24.8 Å². The summed E-state index contributed by atoms with van der Waals surface area (Å²) in [5.74, 6) is 0.879. The van der Waals surface area contributed by atoms with Gasteiger partial charge in [-0.2, -0.15) is 0 Å². The number of carbonyl (C=O) groups excluding carboxylic acids is 1. The molecule has 4 unspecified atom stereocenters. The van der Waals surface area contributed by atoms with Crippen molar-refractivity contribution in [1.29, 1.82) is 0 Å². The third-order valence-corrected chi connectivity index (χ3v) is 4.98. The van der Waals surface area contributed by atoms with Crippen LogP contribution in [-0.2, 0) is 4.79 Å². The molecule has 20 heavy (non-hydrogen) atoms. The maximum atomic E-state index is 12.5. The maximum absolute atomic E-state index is 12.5. The molecule has 4 nitrogen and oxygen atoms in total. The lowest BCUT2D eigenvalue weighted by molar-refractivity contribution is -0.128. The Bertz CT molecular complexity index is 475. The molecule has 0 saturated heterocycles. The van der Waals surface area contributed by atoms with Gasteiger partial charge in [0, 0.05) is 6.04 Å². The van der Waals surface area contributed by atoms with E-state index in [1.54, 1.807) is 0 Å². The Labute approximate surface area is 119 Å². The molecule has 4 N–H and O–H groups in total. The van der Waals surface area contributed by atoms with Crippen LogP contribution in [0.5, 0.6) is 0 Å². The molecule has 0 aliphatic heterocycles. The van der Waals surface area contributed by atoms with Crippen LogP contribution >= 0.6 is 0 Å². The van der Waals surface area contributed by atoms with Crippen LogP contribution in [0.2, 0.25) is 0 Å². The molecule has 0 radical (unpaired) electrons. The number of fused-ring (bicyclic) bond motifs is 2. The van der Waals surface area contributed by atoms with Gasteiger partial charge in [-0.05, 0) is 36.7 Å². The number of hydrogen-bond acceptors (Lipinski definition) is 3. The van der Waals surface area contributed by atoms with E-state index in [1.807, 2.05) is 30.3 Å². The normalized spacial score (nSPS) is 33.1. The summed E-state index contributed by atoms with van der Waals surface area (Å²) < 4.78 is 0. The summed E-state index contributed by atoms with van der Waals surface area (Å²) in [5.41, 5.74) is 7.13. The highest BCUT2D eigenvalue weighted by atomic mass is 16.3. The van der Waals surface area contributed by atoms with Crippen LogP contribution in [0.3, 0.4) is 0 Å². The second-order valence-corrected chi connectivity index (χ2v) is 6.09. The molecular weight excluding hydrogens is 252 g/mol. The second kappa shape index (κ2) is 5.54. The third kappa shape index (κ3) is 2.34. The summed E-state index contributed by atoms with van der Waals surface area (Å²) in [4.78, 5) is 12.5. The first kappa shape index (κ1) is 13.6. The van der Waals surface area contributed by atoms with Gasteiger partial charge < -0.3 is 16.2 Å². The zero-order valence-corrected chi connectivity index (χ0v) is 11.5. The van der Waals surface area contributed by atoms with Gasteiger partial charge in [-0.1, -0.05) is 30.3 Å². The van der Waals surface area contributed by atoms with E-state index >= 15 is 0 Å². The van der Waals surface area contributed by atoms with Gasteiger partial charge in [0.05, 0.1) is 18.6 Å². The van der Waals surface area contributed by atoms with E-state index in [-0.39, 0.29) is 30.5 Å². The number of carbonyl (C=O) groups is 1. The molecule has 2 aliphatic carbocycles. The van der Waals surface area contributed by atoms with Crippen LogP contribution in [0.4, 0.5) is 0 Å². The summed E-state index contributed by atoms with van der Waals surface area (Å²) >= 11 is 0. The molecule has 2 saturated carbocycles. The highest BCUT2D eigenvalue weighted by Gasteiger charge is 2.49. The lowest BCUT2D eigenvalue weighted by Crippen LogP contribution is -2.46. The number of hydrogen-bond donors (Lipinski definition) is 3. The predicted molar refractivity (Wildman–Crippen MR) is 76.7 cm³/mol. The van der Waals surface area contributed by atoms with Crippen molar-refractivity contribution in [3.8, 4) is 0 Å². The van der Waals surface area contributed by atoms with Crippen molar-refractivity contribution >= 4 is 5.91 Å². The average molecular weight is 274 g/mol. The van der Waals surface area contributed by atoms with E-state index < -0.39 is 0 Å². The number of nitrogens with two attached hydrogens (primary N) is 1. The molecule has 0 aromatic heterocycles. The lowest BCUT2D eigenvalue weighted by atomic mass is 9.84. The second-order valence-electron chi connectivity index (χ2n) is 6.09. The topological polar surface area (TPSA) is 75.4 Å². The number of benzene rings is 1. The first-order valence-corrected chi connectivity index (χ1v) is 7.42. The highest BCUT2D eigenvalue weighted by molar-refractivity contribution is 5.81. The van der Waals surface area contributed by atoms with Crippen LogP contribution in [0.15, 0.2) is 30.3 Å². The molecule has 2 aliphatic rings. The van der Waals surface area contributed by atoms with Gasteiger partial charge >= 0.3 is 0 Å². The summed E-state index contributed by atoms with van der Waals surface area (Å²) in [5, 5.41) is 12.5. The fourth-order valence-corrected chi connectivity index (χ4v) is 3.91. The Morgan fingerprint density at radius 2 is 2.00 bits per heavy atom. The van der Waals surface area contributed by atoms with Gasteiger partial charge in [0.2, 0.25) is 5.91 Å². The van der Waals surface area contributed by atoms with Crippen molar-refractivity contribution in [2.45, 2.75) is 31.3 Å². The first-order chi connectivity index (χ1) is 9.70. The van der Waals surface area contributed by atoms with E-state index in [1.165, 1.54) is 0 Å². The standard InChI is InChI=1S/C16H22N2O2/c17-15-12-7-6-11(8-12)14(15)16(20)18-13(9-19)10-4-2-1-3-5-10/h1-5,11-15,19H,6-9,17H2,(H,18,20)/t11?,12?,13-,14?,15?/m0/s1. The zero-order valence-electron chi connectivity index (χ0n) is 11.5. The zero-order chi connectivity index (χ0) is 14.1. The summed E-state index contributed by atoms with van der Waals surface area (Å²) in [6, 6.07) is 9.23. The fraction of sp³-hybridized carbons (Fsp3) is 0.562. The van der Waals surface area contributed by atoms with Crippen LogP contribution < -0.4 is 11.1 Å². The van der Waals surface area contributed by atoms with Gasteiger partial charge in [0.15, 0.2) is 0 Å².